The van der Waals surface area contributed by atoms with Crippen LogP contribution in [0.25, 0.3) is 0 Å². The van der Waals surface area contributed by atoms with Crippen molar-refractivity contribution in [2.45, 2.75) is 19.3 Å². The molecule has 4 nitrogen and oxygen atoms in total. The lowest BCUT2D eigenvalue weighted by Crippen LogP contribution is -2.19. The Morgan fingerprint density at radius 1 is 1.53 bits per heavy atom. The van der Waals surface area contributed by atoms with Crippen molar-refractivity contribution >= 4 is 22.6 Å². The molecule has 2 N–H and O–H groups in total. The minimum atomic E-state index is -4.78. The van der Waals surface area contributed by atoms with Crippen LogP contribution in [0.4, 0.5) is 13.2 Å². The molecule has 0 aromatic carbocycles. The van der Waals surface area contributed by atoms with Crippen molar-refractivity contribution in [3.8, 4) is 11.8 Å². The van der Waals surface area contributed by atoms with Crippen LogP contribution in [0.1, 0.15) is 11.4 Å². The van der Waals surface area contributed by atoms with Gasteiger partial charge in [0.2, 0.25) is 0 Å². The first kappa shape index (κ1) is 14.0. The molecule has 8 heteroatoms. The highest BCUT2D eigenvalue weighted by Crippen LogP contribution is 2.29. The van der Waals surface area contributed by atoms with Crippen LogP contribution in [0.2, 0.25) is 0 Å². The Morgan fingerprint density at radius 2 is 2.18 bits per heavy atom. The number of rotatable bonds is 3. The number of alkyl halides is 3. The monoisotopic (exact) mass is 357 g/mol. The SMILES string of the molecule is N#CCc1cc(OC(F)(F)F)c(I)c(CN)n1. The molecule has 1 aromatic rings. The van der Waals surface area contributed by atoms with Crippen molar-refractivity contribution in [3.63, 3.8) is 0 Å². The predicted molar refractivity (Wildman–Crippen MR) is 60.8 cm³/mol. The fourth-order valence-corrected chi connectivity index (χ4v) is 1.72. The number of hydrogen-bond donors (Lipinski definition) is 1. The van der Waals surface area contributed by atoms with Crippen molar-refractivity contribution in [1.82, 2.24) is 4.98 Å². The number of nitriles is 1. The van der Waals surface area contributed by atoms with E-state index in [0.29, 0.717) is 0 Å². The van der Waals surface area contributed by atoms with Gasteiger partial charge in [0.1, 0.15) is 5.75 Å². The highest BCUT2D eigenvalue weighted by atomic mass is 127. The third-order valence-corrected chi connectivity index (χ3v) is 2.88. The topological polar surface area (TPSA) is 71.9 Å². The van der Waals surface area contributed by atoms with Gasteiger partial charge in [-0.3, -0.25) is 4.98 Å². The number of nitrogens with zero attached hydrogens (tertiary/aromatic N) is 2. The van der Waals surface area contributed by atoms with Crippen LogP contribution in [-0.4, -0.2) is 11.3 Å². The number of halogens is 4. The smallest absolute Gasteiger partial charge is 0.405 e. The maximum absolute atomic E-state index is 12.1. The second kappa shape index (κ2) is 5.50. The maximum atomic E-state index is 12.1. The number of hydrogen-bond acceptors (Lipinski definition) is 4. The van der Waals surface area contributed by atoms with Gasteiger partial charge < -0.3 is 10.5 Å². The van der Waals surface area contributed by atoms with Crippen LogP contribution in [-0.2, 0) is 13.0 Å². The summed E-state index contributed by atoms with van der Waals surface area (Å²) < 4.78 is 40.4. The maximum Gasteiger partial charge on any atom is 0.573 e. The van der Waals surface area contributed by atoms with Gasteiger partial charge in [-0.15, -0.1) is 13.2 Å². The highest BCUT2D eigenvalue weighted by molar-refractivity contribution is 14.1. The fourth-order valence-electron chi connectivity index (χ4n) is 1.12. The molecule has 0 unspecified atom stereocenters. The minimum absolute atomic E-state index is 0.0221. The molecule has 0 amide bonds. The zero-order chi connectivity index (χ0) is 13.1. The lowest BCUT2D eigenvalue weighted by molar-refractivity contribution is -0.275. The van der Waals surface area contributed by atoms with Gasteiger partial charge in [0, 0.05) is 12.6 Å². The van der Waals surface area contributed by atoms with Crippen molar-refractivity contribution in [1.29, 1.82) is 5.26 Å². The molecule has 0 aliphatic carbocycles. The quantitative estimate of drug-likeness (QED) is 0.842. The molecule has 17 heavy (non-hydrogen) atoms. The first-order chi connectivity index (χ1) is 7.87. The normalized spacial score (nSPS) is 11.1. The molecular formula is C9H7F3IN3O. The van der Waals surface area contributed by atoms with E-state index in [1.807, 2.05) is 0 Å². The number of aromatic nitrogens is 1. The molecule has 92 valence electrons. The van der Waals surface area contributed by atoms with E-state index in [2.05, 4.69) is 9.72 Å². The number of ether oxygens (including phenoxy) is 1. The van der Waals surface area contributed by atoms with Crippen molar-refractivity contribution < 1.29 is 17.9 Å². The van der Waals surface area contributed by atoms with Crippen molar-refractivity contribution in [3.05, 3.63) is 21.0 Å². The molecule has 0 saturated heterocycles. The molecule has 1 heterocycles. The van der Waals surface area contributed by atoms with E-state index in [0.717, 1.165) is 6.07 Å². The largest absolute Gasteiger partial charge is 0.573 e. The Bertz CT molecular complexity index is 456. The summed E-state index contributed by atoms with van der Waals surface area (Å²) in [5.41, 5.74) is 5.84. The molecule has 1 aromatic heterocycles. The molecule has 0 spiro atoms. The van der Waals surface area contributed by atoms with Gasteiger partial charge in [0.25, 0.3) is 0 Å². The van der Waals surface area contributed by atoms with Crippen LogP contribution in [0.15, 0.2) is 6.07 Å². The Labute approximate surface area is 109 Å². The van der Waals surface area contributed by atoms with Crippen LogP contribution in [0.5, 0.6) is 5.75 Å². The van der Waals surface area contributed by atoms with Gasteiger partial charge in [-0.1, -0.05) is 0 Å². The van der Waals surface area contributed by atoms with E-state index in [9.17, 15) is 13.2 Å². The lowest BCUT2D eigenvalue weighted by Gasteiger charge is -2.13. The second-order valence-electron chi connectivity index (χ2n) is 2.96. The van der Waals surface area contributed by atoms with Crippen LogP contribution < -0.4 is 10.5 Å². The van der Waals surface area contributed by atoms with Gasteiger partial charge in [-0.25, -0.2) is 0 Å². The van der Waals surface area contributed by atoms with Gasteiger partial charge in [0.05, 0.1) is 27.4 Å². The number of pyridine rings is 1. The summed E-state index contributed by atoms with van der Waals surface area (Å²) in [4.78, 5) is 3.97. The summed E-state index contributed by atoms with van der Waals surface area (Å²) in [6, 6.07) is 2.90. The zero-order valence-electron chi connectivity index (χ0n) is 8.38. The Hall–Kier alpha value is -1.08. The van der Waals surface area contributed by atoms with Crippen LogP contribution in [0, 0.1) is 14.9 Å². The van der Waals surface area contributed by atoms with Gasteiger partial charge in [-0.05, 0) is 22.6 Å². The highest BCUT2D eigenvalue weighted by Gasteiger charge is 2.32. The first-order valence-corrected chi connectivity index (χ1v) is 5.46. The Balaban J connectivity index is 3.19. The average molecular weight is 357 g/mol. The standard InChI is InChI=1S/C9H7F3IN3O/c10-9(11,12)17-7-3-5(1-2-14)16-6(4-15)8(7)13/h3H,1,4,15H2. The Morgan fingerprint density at radius 3 is 2.65 bits per heavy atom. The molecule has 0 aliphatic rings. The summed E-state index contributed by atoms with van der Waals surface area (Å²) in [6.45, 7) is -0.0221. The van der Waals surface area contributed by atoms with E-state index in [-0.39, 0.29) is 33.7 Å². The molecule has 0 radical (unpaired) electrons. The first-order valence-electron chi connectivity index (χ1n) is 4.38. The molecule has 0 saturated carbocycles. The molecular weight excluding hydrogens is 350 g/mol. The third-order valence-electron chi connectivity index (χ3n) is 1.73. The summed E-state index contributed by atoms with van der Waals surface area (Å²) in [5, 5.41) is 8.49. The third kappa shape index (κ3) is 4.01. The molecule has 0 atom stereocenters. The molecule has 0 bridgehead atoms. The summed E-state index contributed by atoms with van der Waals surface area (Å²) in [7, 11) is 0. The summed E-state index contributed by atoms with van der Waals surface area (Å²) >= 11 is 1.68. The van der Waals surface area contributed by atoms with Gasteiger partial charge in [0.15, 0.2) is 0 Å². The zero-order valence-corrected chi connectivity index (χ0v) is 10.5. The van der Waals surface area contributed by atoms with Gasteiger partial charge >= 0.3 is 6.36 Å². The molecule has 1 rings (SSSR count). The lowest BCUT2D eigenvalue weighted by atomic mass is 10.2. The van der Waals surface area contributed by atoms with Crippen molar-refractivity contribution in [2.24, 2.45) is 5.73 Å². The average Bonchev–Trinajstić information content (AvgIpc) is 2.21. The van der Waals surface area contributed by atoms with E-state index < -0.39 is 6.36 Å². The predicted octanol–water partition coefficient (Wildman–Crippen LogP) is 2.11. The molecule has 0 aliphatic heterocycles. The molecule has 0 fully saturated rings. The second-order valence-corrected chi connectivity index (χ2v) is 4.04. The summed E-state index contributed by atoms with van der Waals surface area (Å²) in [5.74, 6) is -0.376. The Kier molecular flexibility index (Phi) is 4.53. The summed E-state index contributed by atoms with van der Waals surface area (Å²) in [6.07, 6.45) is -4.88. The van der Waals surface area contributed by atoms with E-state index >= 15 is 0 Å². The van der Waals surface area contributed by atoms with E-state index in [1.54, 1.807) is 28.7 Å². The minimum Gasteiger partial charge on any atom is -0.405 e. The van der Waals surface area contributed by atoms with E-state index in [4.69, 9.17) is 11.0 Å². The fraction of sp³-hybridized carbons (Fsp3) is 0.333. The van der Waals surface area contributed by atoms with Gasteiger partial charge in [-0.2, -0.15) is 5.26 Å². The number of nitrogens with two attached hydrogens (primary N) is 1. The van der Waals surface area contributed by atoms with Crippen molar-refractivity contribution in [2.75, 3.05) is 0 Å². The van der Waals surface area contributed by atoms with Crippen LogP contribution in [0.3, 0.4) is 0 Å². The van der Waals surface area contributed by atoms with E-state index in [1.165, 1.54) is 0 Å². The van der Waals surface area contributed by atoms with Crippen LogP contribution >= 0.6 is 22.6 Å².